The number of ether oxygens (including phenoxy) is 1. The molecule has 0 aromatic rings. The summed E-state index contributed by atoms with van der Waals surface area (Å²) in [6.07, 6.45) is 0.816. The van der Waals surface area contributed by atoms with Crippen molar-refractivity contribution in [2.24, 2.45) is 10.8 Å². The van der Waals surface area contributed by atoms with Crippen LogP contribution in [0, 0.1) is 0 Å². The average Bonchev–Trinajstić information content (AvgIpc) is 2.37. The van der Waals surface area contributed by atoms with Gasteiger partial charge in [0.2, 0.25) is 11.9 Å². The Bertz CT molecular complexity index is 258. The van der Waals surface area contributed by atoms with E-state index in [1.807, 2.05) is 13.8 Å². The number of hydrogen-bond acceptors (Lipinski definition) is 4. The van der Waals surface area contributed by atoms with Crippen LogP contribution < -0.4 is 21.9 Å². The zero-order chi connectivity index (χ0) is 13.8. The first-order valence-corrected chi connectivity index (χ1v) is 6.28. The van der Waals surface area contributed by atoms with Crippen molar-refractivity contribution in [1.82, 2.24) is 16.1 Å². The van der Waals surface area contributed by atoms with Gasteiger partial charge in [-0.25, -0.2) is 5.84 Å². The van der Waals surface area contributed by atoms with E-state index >= 15 is 0 Å². The van der Waals surface area contributed by atoms with Gasteiger partial charge in [0.05, 0.1) is 0 Å². The van der Waals surface area contributed by atoms with Gasteiger partial charge in [0.25, 0.3) is 0 Å². The summed E-state index contributed by atoms with van der Waals surface area (Å²) in [5, 5.41) is 5.62. The molecule has 1 atom stereocenters. The van der Waals surface area contributed by atoms with Crippen LogP contribution in [-0.2, 0) is 9.53 Å². The molecule has 1 unspecified atom stereocenters. The maximum absolute atomic E-state index is 11.5. The zero-order valence-electron chi connectivity index (χ0n) is 11.5. The predicted molar refractivity (Wildman–Crippen MR) is 72.0 cm³/mol. The van der Waals surface area contributed by atoms with E-state index in [-0.39, 0.29) is 11.9 Å². The van der Waals surface area contributed by atoms with Gasteiger partial charge in [0, 0.05) is 26.3 Å². The molecule has 0 aromatic heterocycles. The minimum atomic E-state index is -0.383. The lowest BCUT2D eigenvalue weighted by molar-refractivity contribution is -0.122. The number of carbonyl (C=O) groups is 1. The monoisotopic (exact) mass is 259 g/mol. The molecule has 5 N–H and O–H groups in total. The number of hydrazine groups is 1. The van der Waals surface area contributed by atoms with E-state index in [0.717, 1.165) is 6.42 Å². The second-order valence-electron chi connectivity index (χ2n) is 3.69. The molecule has 0 spiro atoms. The summed E-state index contributed by atoms with van der Waals surface area (Å²) in [5.74, 6) is 5.65. The molecule has 0 heterocycles. The summed E-state index contributed by atoms with van der Waals surface area (Å²) in [7, 11) is 0. The Hall–Kier alpha value is -1.34. The molecule has 0 aliphatic rings. The first-order chi connectivity index (χ1) is 8.65. The molecule has 7 nitrogen and oxygen atoms in total. The number of amides is 1. The van der Waals surface area contributed by atoms with Crippen molar-refractivity contribution in [3.8, 4) is 0 Å². The third-order valence-corrected chi connectivity index (χ3v) is 2.16. The molecule has 0 saturated carbocycles. The Morgan fingerprint density at radius 3 is 2.72 bits per heavy atom. The molecule has 0 aliphatic heterocycles. The Kier molecular flexibility index (Phi) is 9.99. The van der Waals surface area contributed by atoms with Crippen LogP contribution in [0.15, 0.2) is 4.99 Å². The molecule has 0 saturated heterocycles. The Balaban J connectivity index is 4.00. The largest absolute Gasteiger partial charge is 0.382 e. The second kappa shape index (κ2) is 10.8. The quantitative estimate of drug-likeness (QED) is 0.152. The fraction of sp³-hybridized carbons (Fsp3) is 0.818. The number of nitrogens with two attached hydrogens (primary N) is 1. The topological polar surface area (TPSA) is 101 Å². The van der Waals surface area contributed by atoms with Crippen LogP contribution in [0.25, 0.3) is 0 Å². The lowest BCUT2D eigenvalue weighted by Crippen LogP contribution is -2.51. The van der Waals surface area contributed by atoms with Crippen LogP contribution >= 0.6 is 0 Å². The summed E-state index contributed by atoms with van der Waals surface area (Å²) in [5.41, 5.74) is 2.44. The Morgan fingerprint density at radius 1 is 1.44 bits per heavy atom. The fourth-order valence-electron chi connectivity index (χ4n) is 1.23. The first kappa shape index (κ1) is 16.7. The van der Waals surface area contributed by atoms with Crippen molar-refractivity contribution in [3.05, 3.63) is 0 Å². The van der Waals surface area contributed by atoms with E-state index in [1.54, 1.807) is 6.92 Å². The van der Waals surface area contributed by atoms with Gasteiger partial charge in [-0.3, -0.25) is 15.2 Å². The molecule has 1 amide bonds. The maximum atomic E-state index is 11.5. The summed E-state index contributed by atoms with van der Waals surface area (Å²) in [6, 6.07) is -0.383. The van der Waals surface area contributed by atoms with Gasteiger partial charge < -0.3 is 15.4 Å². The number of likely N-dealkylation sites (N-methyl/N-ethyl adjacent to an activating group) is 1. The van der Waals surface area contributed by atoms with Crippen LogP contribution in [0.5, 0.6) is 0 Å². The van der Waals surface area contributed by atoms with Gasteiger partial charge in [0.15, 0.2) is 0 Å². The highest BCUT2D eigenvalue weighted by Gasteiger charge is 2.12. The fourth-order valence-corrected chi connectivity index (χ4v) is 1.23. The minimum Gasteiger partial charge on any atom is -0.382 e. The minimum absolute atomic E-state index is 0.0882. The Morgan fingerprint density at radius 2 is 2.17 bits per heavy atom. The zero-order valence-corrected chi connectivity index (χ0v) is 11.5. The van der Waals surface area contributed by atoms with E-state index in [0.29, 0.717) is 32.3 Å². The molecule has 106 valence electrons. The lowest BCUT2D eigenvalue weighted by atomic mass is 10.3. The molecule has 0 rings (SSSR count). The first-order valence-electron chi connectivity index (χ1n) is 6.28. The van der Waals surface area contributed by atoms with Crippen molar-refractivity contribution in [1.29, 1.82) is 0 Å². The molecule has 0 radical (unpaired) electrons. The Labute approximate surface area is 109 Å². The van der Waals surface area contributed by atoms with Gasteiger partial charge in [-0.1, -0.05) is 0 Å². The van der Waals surface area contributed by atoms with E-state index in [2.05, 4.69) is 21.1 Å². The van der Waals surface area contributed by atoms with Gasteiger partial charge in [0.1, 0.15) is 6.04 Å². The molecular weight excluding hydrogens is 234 g/mol. The van der Waals surface area contributed by atoms with Gasteiger partial charge in [-0.15, -0.1) is 0 Å². The van der Waals surface area contributed by atoms with Crippen molar-refractivity contribution < 1.29 is 9.53 Å². The van der Waals surface area contributed by atoms with Crippen molar-refractivity contribution in [3.63, 3.8) is 0 Å². The lowest BCUT2D eigenvalue weighted by Gasteiger charge is -2.15. The number of rotatable bonds is 8. The van der Waals surface area contributed by atoms with Crippen LogP contribution in [0.3, 0.4) is 0 Å². The standard InChI is InChI=1S/C11H25N5O2/c1-4-13-10(17)9(3)15-11(16-12)14-7-6-8-18-5-2/h9H,4-8,12H2,1-3H3,(H,13,17)(H2,14,15,16). The molecule has 0 aliphatic carbocycles. The highest BCUT2D eigenvalue weighted by Crippen LogP contribution is 1.86. The molecular formula is C11H25N5O2. The van der Waals surface area contributed by atoms with Crippen molar-refractivity contribution in [2.45, 2.75) is 33.2 Å². The number of carbonyl (C=O) groups excluding carboxylic acids is 1. The van der Waals surface area contributed by atoms with E-state index in [9.17, 15) is 4.79 Å². The third kappa shape index (κ3) is 7.86. The molecule has 18 heavy (non-hydrogen) atoms. The summed E-state index contributed by atoms with van der Waals surface area (Å²) >= 11 is 0. The predicted octanol–water partition coefficient (Wildman–Crippen LogP) is -0.653. The molecule has 7 heteroatoms. The normalized spacial score (nSPS) is 13.0. The number of aliphatic imine (C=N–C) groups is 1. The van der Waals surface area contributed by atoms with Crippen molar-refractivity contribution >= 4 is 11.9 Å². The van der Waals surface area contributed by atoms with Crippen LogP contribution in [0.1, 0.15) is 27.2 Å². The highest BCUT2D eigenvalue weighted by atomic mass is 16.5. The van der Waals surface area contributed by atoms with Gasteiger partial charge >= 0.3 is 0 Å². The maximum Gasteiger partial charge on any atom is 0.242 e. The third-order valence-electron chi connectivity index (χ3n) is 2.16. The van der Waals surface area contributed by atoms with Crippen LogP contribution in [0.4, 0.5) is 0 Å². The average molecular weight is 259 g/mol. The molecule has 0 bridgehead atoms. The number of nitrogens with zero attached hydrogens (tertiary/aromatic N) is 1. The van der Waals surface area contributed by atoms with Crippen molar-refractivity contribution in [2.75, 3.05) is 26.3 Å². The summed E-state index contributed by atoms with van der Waals surface area (Å²) in [6.45, 7) is 8.14. The van der Waals surface area contributed by atoms with E-state index in [4.69, 9.17) is 10.6 Å². The molecule has 0 fully saturated rings. The second-order valence-corrected chi connectivity index (χ2v) is 3.69. The smallest absolute Gasteiger partial charge is 0.242 e. The summed E-state index contributed by atoms with van der Waals surface area (Å²) < 4.78 is 5.19. The highest BCUT2D eigenvalue weighted by molar-refractivity contribution is 5.88. The van der Waals surface area contributed by atoms with E-state index < -0.39 is 0 Å². The number of nitrogens with one attached hydrogen (secondary N) is 3. The number of hydrogen-bond donors (Lipinski definition) is 4. The van der Waals surface area contributed by atoms with Crippen LogP contribution in [0.2, 0.25) is 0 Å². The van der Waals surface area contributed by atoms with E-state index in [1.165, 1.54) is 0 Å². The van der Waals surface area contributed by atoms with Crippen LogP contribution in [-0.4, -0.2) is 44.2 Å². The van der Waals surface area contributed by atoms with Gasteiger partial charge in [-0.05, 0) is 27.2 Å². The SMILES string of the molecule is CCNC(=O)C(C)NC(=NCCCOCC)NN. The van der Waals surface area contributed by atoms with Gasteiger partial charge in [-0.2, -0.15) is 0 Å². The summed E-state index contributed by atoms with van der Waals surface area (Å²) in [4.78, 5) is 15.7. The molecule has 0 aromatic carbocycles. The number of guanidine groups is 1.